The van der Waals surface area contributed by atoms with Gasteiger partial charge in [0.15, 0.2) is 5.65 Å². The van der Waals surface area contributed by atoms with Gasteiger partial charge >= 0.3 is 0 Å². The molecule has 6 heterocycles. The van der Waals surface area contributed by atoms with Gasteiger partial charge in [0.2, 0.25) is 0 Å². The second-order valence-corrected chi connectivity index (χ2v) is 9.21. The molecular formula is C25H21N7S. The average molecular weight is 452 g/mol. The Hall–Kier alpha value is -4.04. The number of fused-ring (bicyclic) bond motifs is 2. The number of nitrogens with zero attached hydrogens (tertiary/aromatic N) is 4. The smallest absolute Gasteiger partial charge is 0.181 e. The molecule has 0 spiro atoms. The summed E-state index contributed by atoms with van der Waals surface area (Å²) in [5, 5.41) is 15.2. The minimum Gasteiger partial charge on any atom is -0.382 e. The molecule has 6 rings (SSSR count). The number of H-pyrrole nitrogens is 2. The monoisotopic (exact) mass is 451 g/mol. The van der Waals surface area contributed by atoms with Gasteiger partial charge in [-0.05, 0) is 43.5 Å². The van der Waals surface area contributed by atoms with E-state index in [1.165, 1.54) is 4.88 Å². The zero-order chi connectivity index (χ0) is 22.4. The van der Waals surface area contributed by atoms with Crippen molar-refractivity contribution in [2.24, 2.45) is 0 Å². The number of thiophene rings is 1. The van der Waals surface area contributed by atoms with Crippen LogP contribution in [0.2, 0.25) is 0 Å². The van der Waals surface area contributed by atoms with Crippen molar-refractivity contribution in [3.05, 3.63) is 66.7 Å². The van der Waals surface area contributed by atoms with Gasteiger partial charge in [-0.1, -0.05) is 6.07 Å². The van der Waals surface area contributed by atoms with Crippen LogP contribution in [0.4, 0.5) is 5.69 Å². The summed E-state index contributed by atoms with van der Waals surface area (Å²) in [6.45, 7) is 4.22. The minimum atomic E-state index is 0.332. The Balaban J connectivity index is 1.45. The molecule has 0 aromatic carbocycles. The first kappa shape index (κ1) is 19.6. The molecule has 0 atom stereocenters. The van der Waals surface area contributed by atoms with E-state index >= 15 is 0 Å². The third-order valence-corrected chi connectivity index (χ3v) is 6.44. The third kappa shape index (κ3) is 3.54. The summed E-state index contributed by atoms with van der Waals surface area (Å²) in [4.78, 5) is 18.1. The number of anilines is 1. The van der Waals surface area contributed by atoms with Gasteiger partial charge in [-0.15, -0.1) is 11.3 Å². The summed E-state index contributed by atoms with van der Waals surface area (Å²) in [6, 6.07) is 10.9. The molecule has 33 heavy (non-hydrogen) atoms. The summed E-state index contributed by atoms with van der Waals surface area (Å²) in [7, 11) is 0. The molecule has 0 aliphatic carbocycles. The van der Waals surface area contributed by atoms with E-state index < -0.39 is 0 Å². The molecule has 3 N–H and O–H groups in total. The summed E-state index contributed by atoms with van der Waals surface area (Å²) in [6.07, 6.45) is 9.31. The Kier molecular flexibility index (Phi) is 4.66. The van der Waals surface area contributed by atoms with Crippen molar-refractivity contribution in [3.8, 4) is 33.0 Å². The fourth-order valence-corrected chi connectivity index (χ4v) is 4.84. The molecule has 0 fully saturated rings. The summed E-state index contributed by atoms with van der Waals surface area (Å²) >= 11 is 1.71. The predicted molar refractivity (Wildman–Crippen MR) is 134 cm³/mol. The van der Waals surface area contributed by atoms with Crippen molar-refractivity contribution in [3.63, 3.8) is 0 Å². The Morgan fingerprint density at radius 3 is 2.67 bits per heavy atom. The molecule has 0 unspecified atom stereocenters. The number of aromatic amines is 2. The first-order chi connectivity index (χ1) is 16.2. The molecule has 0 amide bonds. The maximum atomic E-state index is 4.59. The van der Waals surface area contributed by atoms with Gasteiger partial charge in [0, 0.05) is 63.2 Å². The van der Waals surface area contributed by atoms with Crippen LogP contribution in [0, 0.1) is 0 Å². The van der Waals surface area contributed by atoms with Crippen LogP contribution in [-0.4, -0.2) is 36.2 Å². The zero-order valence-electron chi connectivity index (χ0n) is 18.1. The van der Waals surface area contributed by atoms with Gasteiger partial charge in [0.05, 0.1) is 28.8 Å². The van der Waals surface area contributed by atoms with Gasteiger partial charge in [-0.3, -0.25) is 15.1 Å². The lowest BCUT2D eigenvalue weighted by Gasteiger charge is -2.10. The predicted octanol–water partition coefficient (Wildman–Crippen LogP) is 6.11. The van der Waals surface area contributed by atoms with E-state index in [0.717, 1.165) is 50.1 Å². The van der Waals surface area contributed by atoms with Gasteiger partial charge in [-0.2, -0.15) is 5.10 Å². The van der Waals surface area contributed by atoms with Gasteiger partial charge in [0.25, 0.3) is 0 Å². The van der Waals surface area contributed by atoms with E-state index in [4.69, 9.17) is 0 Å². The number of nitrogens with one attached hydrogen (secondary N) is 3. The van der Waals surface area contributed by atoms with Crippen molar-refractivity contribution < 1.29 is 0 Å². The molecular weight excluding hydrogens is 430 g/mol. The molecule has 0 saturated carbocycles. The summed E-state index contributed by atoms with van der Waals surface area (Å²) < 4.78 is 0. The lowest BCUT2D eigenvalue weighted by molar-refractivity contribution is 0.898. The standard InChI is InChI=1S/C25H21N7S/c1-14(2)29-17-6-15(9-26-11-17)16-7-19-24(31-32-25(19)28-10-16)21-8-18-20(23-4-3-5-33-23)12-27-13-22(18)30-21/h3-14,29-30H,1-2H3,(H,28,31,32). The SMILES string of the molecule is CC(C)Nc1cncc(-c2cnc3n[nH]c(-c4cc5c(-c6cccs6)cncc5[nH]4)c3c2)c1. The number of rotatable bonds is 5. The quantitative estimate of drug-likeness (QED) is 0.294. The number of pyridine rings is 3. The molecule has 7 nitrogen and oxygen atoms in total. The molecule has 0 saturated heterocycles. The van der Waals surface area contributed by atoms with Crippen LogP contribution >= 0.6 is 11.3 Å². The van der Waals surface area contributed by atoms with Crippen molar-refractivity contribution in [2.75, 3.05) is 5.32 Å². The van der Waals surface area contributed by atoms with Crippen LogP contribution < -0.4 is 5.32 Å². The number of hydrogen-bond donors (Lipinski definition) is 3. The minimum absolute atomic E-state index is 0.332. The van der Waals surface area contributed by atoms with Crippen molar-refractivity contribution in [1.82, 2.24) is 30.1 Å². The normalized spacial score (nSPS) is 11.6. The van der Waals surface area contributed by atoms with E-state index in [2.05, 4.69) is 85.0 Å². The van der Waals surface area contributed by atoms with Gasteiger partial charge in [-0.25, -0.2) is 4.98 Å². The molecule has 0 bridgehead atoms. The second-order valence-electron chi connectivity index (χ2n) is 8.26. The van der Waals surface area contributed by atoms with Crippen LogP contribution in [0.5, 0.6) is 0 Å². The van der Waals surface area contributed by atoms with Crippen molar-refractivity contribution in [1.29, 1.82) is 0 Å². The molecule has 6 aromatic heterocycles. The lowest BCUT2D eigenvalue weighted by Crippen LogP contribution is -2.09. The fraction of sp³-hybridized carbons (Fsp3) is 0.120. The first-order valence-corrected chi connectivity index (χ1v) is 11.6. The molecule has 162 valence electrons. The van der Waals surface area contributed by atoms with Gasteiger partial charge in [0.1, 0.15) is 0 Å². The highest BCUT2D eigenvalue weighted by molar-refractivity contribution is 7.13. The fourth-order valence-electron chi connectivity index (χ4n) is 4.09. The van der Waals surface area contributed by atoms with E-state index in [1.807, 2.05) is 31.0 Å². The highest BCUT2D eigenvalue weighted by atomic mass is 32.1. The van der Waals surface area contributed by atoms with Crippen molar-refractivity contribution in [2.45, 2.75) is 19.9 Å². The third-order valence-electron chi connectivity index (χ3n) is 5.54. The highest BCUT2D eigenvalue weighted by Crippen LogP contribution is 2.35. The summed E-state index contributed by atoms with van der Waals surface area (Å²) in [5.41, 5.74) is 7.60. The van der Waals surface area contributed by atoms with Crippen LogP contribution in [0.3, 0.4) is 0 Å². The Labute approximate surface area is 194 Å². The van der Waals surface area contributed by atoms with Crippen LogP contribution in [0.25, 0.3) is 54.9 Å². The van der Waals surface area contributed by atoms with Crippen LogP contribution in [0.1, 0.15) is 13.8 Å². The maximum absolute atomic E-state index is 4.59. The van der Waals surface area contributed by atoms with Crippen LogP contribution in [-0.2, 0) is 0 Å². The van der Waals surface area contributed by atoms with Crippen LogP contribution in [0.15, 0.2) is 66.7 Å². The molecule has 0 aliphatic heterocycles. The topological polar surface area (TPSA) is 95.2 Å². The number of aromatic nitrogens is 6. The Morgan fingerprint density at radius 2 is 1.82 bits per heavy atom. The largest absolute Gasteiger partial charge is 0.382 e. The molecule has 8 heteroatoms. The number of hydrogen-bond acceptors (Lipinski definition) is 6. The van der Waals surface area contributed by atoms with E-state index in [1.54, 1.807) is 11.3 Å². The molecule has 0 radical (unpaired) electrons. The van der Waals surface area contributed by atoms with E-state index in [0.29, 0.717) is 11.7 Å². The lowest BCUT2D eigenvalue weighted by atomic mass is 10.1. The van der Waals surface area contributed by atoms with E-state index in [-0.39, 0.29) is 0 Å². The average Bonchev–Trinajstić information content (AvgIpc) is 3.57. The zero-order valence-corrected chi connectivity index (χ0v) is 18.9. The van der Waals surface area contributed by atoms with Gasteiger partial charge < -0.3 is 10.3 Å². The Morgan fingerprint density at radius 1 is 0.939 bits per heavy atom. The van der Waals surface area contributed by atoms with Crippen molar-refractivity contribution >= 4 is 39.0 Å². The van der Waals surface area contributed by atoms with E-state index in [9.17, 15) is 0 Å². The second kappa shape index (κ2) is 7.83. The maximum Gasteiger partial charge on any atom is 0.181 e. The first-order valence-electron chi connectivity index (χ1n) is 10.7. The summed E-state index contributed by atoms with van der Waals surface area (Å²) in [5.74, 6) is 0. The Bertz CT molecular complexity index is 1580. The molecule has 6 aromatic rings. The highest BCUT2D eigenvalue weighted by Gasteiger charge is 2.15. The molecule has 0 aliphatic rings.